The van der Waals surface area contributed by atoms with Gasteiger partial charge in [0.2, 0.25) is 5.91 Å². The second-order valence-electron chi connectivity index (χ2n) is 6.88. The minimum atomic E-state index is -0.891. The molecule has 1 fully saturated rings. The quantitative estimate of drug-likeness (QED) is 0.674. The Balaban J connectivity index is 1.90. The number of carbonyl (C=O) groups is 3. The maximum Gasteiger partial charge on any atom is 0.310 e. The van der Waals surface area contributed by atoms with Gasteiger partial charge in [-0.1, -0.05) is 25.5 Å². The lowest BCUT2D eigenvalue weighted by Crippen LogP contribution is -2.42. The molecule has 2 amide bonds. The molecule has 0 heterocycles. The SMILES string of the molecule is CCC(C)NC(=O)c1cccc(CNC(=O)CC2(C(=O)O)CCC2)c1. The number of nitrogens with one attached hydrogen (secondary N) is 2. The zero-order chi connectivity index (χ0) is 18.4. The van der Waals surface area contributed by atoms with Crippen LogP contribution in [0.15, 0.2) is 24.3 Å². The van der Waals surface area contributed by atoms with Crippen molar-refractivity contribution in [2.45, 2.75) is 58.5 Å². The van der Waals surface area contributed by atoms with Crippen LogP contribution in [0.3, 0.4) is 0 Å². The van der Waals surface area contributed by atoms with Crippen molar-refractivity contribution in [2.75, 3.05) is 0 Å². The zero-order valence-electron chi connectivity index (χ0n) is 14.8. The van der Waals surface area contributed by atoms with Crippen molar-refractivity contribution in [3.8, 4) is 0 Å². The minimum Gasteiger partial charge on any atom is -0.481 e. The van der Waals surface area contributed by atoms with Crippen molar-refractivity contribution in [2.24, 2.45) is 5.41 Å². The van der Waals surface area contributed by atoms with E-state index in [1.165, 1.54) is 0 Å². The summed E-state index contributed by atoms with van der Waals surface area (Å²) in [4.78, 5) is 35.5. The molecule has 136 valence electrons. The Bertz CT molecular complexity index is 653. The molecule has 0 aromatic heterocycles. The molecule has 2 rings (SSSR count). The van der Waals surface area contributed by atoms with E-state index in [1.807, 2.05) is 19.9 Å². The molecule has 0 saturated heterocycles. The lowest BCUT2D eigenvalue weighted by molar-refractivity contribution is -0.157. The maximum absolute atomic E-state index is 12.1. The molecule has 1 saturated carbocycles. The number of benzene rings is 1. The van der Waals surface area contributed by atoms with Crippen molar-refractivity contribution in [1.29, 1.82) is 0 Å². The maximum atomic E-state index is 12.1. The molecule has 1 atom stereocenters. The van der Waals surface area contributed by atoms with Gasteiger partial charge in [-0.2, -0.15) is 0 Å². The predicted octanol–water partition coefficient (Wildman–Crippen LogP) is 2.48. The van der Waals surface area contributed by atoms with E-state index in [4.69, 9.17) is 0 Å². The first-order valence-electron chi connectivity index (χ1n) is 8.76. The summed E-state index contributed by atoms with van der Waals surface area (Å²) in [6.45, 7) is 4.22. The Morgan fingerprint density at radius 3 is 2.56 bits per heavy atom. The summed E-state index contributed by atoms with van der Waals surface area (Å²) in [5.41, 5.74) is 0.471. The molecular formula is C19H26N2O4. The summed E-state index contributed by atoms with van der Waals surface area (Å²) in [7, 11) is 0. The molecule has 25 heavy (non-hydrogen) atoms. The van der Waals surface area contributed by atoms with Crippen LogP contribution in [-0.2, 0) is 16.1 Å². The van der Waals surface area contributed by atoms with E-state index in [2.05, 4.69) is 10.6 Å². The van der Waals surface area contributed by atoms with Crippen LogP contribution in [0.1, 0.15) is 61.9 Å². The average molecular weight is 346 g/mol. The fourth-order valence-electron chi connectivity index (χ4n) is 2.87. The second-order valence-corrected chi connectivity index (χ2v) is 6.88. The molecule has 1 aliphatic rings. The van der Waals surface area contributed by atoms with Crippen LogP contribution in [0.5, 0.6) is 0 Å². The zero-order valence-corrected chi connectivity index (χ0v) is 14.8. The van der Waals surface area contributed by atoms with Gasteiger partial charge in [0.25, 0.3) is 5.91 Å². The summed E-state index contributed by atoms with van der Waals surface area (Å²) in [5, 5.41) is 15.0. The largest absolute Gasteiger partial charge is 0.481 e. The molecule has 1 unspecified atom stereocenters. The van der Waals surface area contributed by atoms with Crippen molar-refractivity contribution < 1.29 is 19.5 Å². The number of amides is 2. The Morgan fingerprint density at radius 2 is 2.00 bits per heavy atom. The van der Waals surface area contributed by atoms with Crippen molar-refractivity contribution in [1.82, 2.24) is 10.6 Å². The molecule has 1 aliphatic carbocycles. The Hall–Kier alpha value is -2.37. The van der Waals surface area contributed by atoms with Gasteiger partial charge in [0.1, 0.15) is 0 Å². The van der Waals surface area contributed by atoms with Gasteiger partial charge in [-0.25, -0.2) is 0 Å². The fraction of sp³-hybridized carbons (Fsp3) is 0.526. The van der Waals surface area contributed by atoms with Gasteiger partial charge in [0.15, 0.2) is 0 Å². The summed E-state index contributed by atoms with van der Waals surface area (Å²) in [5.74, 6) is -1.30. The molecule has 0 bridgehead atoms. The van der Waals surface area contributed by atoms with Crippen LogP contribution < -0.4 is 10.6 Å². The topological polar surface area (TPSA) is 95.5 Å². The summed E-state index contributed by atoms with van der Waals surface area (Å²) < 4.78 is 0. The number of carbonyl (C=O) groups excluding carboxylic acids is 2. The van der Waals surface area contributed by atoms with Gasteiger partial charge in [-0.15, -0.1) is 0 Å². The van der Waals surface area contributed by atoms with Gasteiger partial charge in [-0.3, -0.25) is 14.4 Å². The lowest BCUT2D eigenvalue weighted by Gasteiger charge is -2.36. The molecule has 6 heteroatoms. The molecule has 1 aromatic rings. The standard InChI is InChI=1S/C19H26N2O4/c1-3-13(2)21-17(23)15-7-4-6-14(10-15)12-20-16(22)11-19(18(24)25)8-5-9-19/h4,6-7,10,13H,3,5,8-9,11-12H2,1-2H3,(H,20,22)(H,21,23)(H,24,25). The van der Waals surface area contributed by atoms with Crippen LogP contribution in [0.2, 0.25) is 0 Å². The second kappa shape index (κ2) is 8.14. The number of carboxylic acids is 1. The Morgan fingerprint density at radius 1 is 1.28 bits per heavy atom. The van der Waals surface area contributed by atoms with E-state index >= 15 is 0 Å². The number of hydrogen-bond acceptors (Lipinski definition) is 3. The van der Waals surface area contributed by atoms with E-state index in [0.29, 0.717) is 18.4 Å². The number of aliphatic carboxylic acids is 1. The van der Waals surface area contributed by atoms with Crippen molar-refractivity contribution in [3.63, 3.8) is 0 Å². The Kier molecular flexibility index (Phi) is 6.17. The van der Waals surface area contributed by atoms with Gasteiger partial charge < -0.3 is 15.7 Å². The summed E-state index contributed by atoms with van der Waals surface area (Å²) in [6.07, 6.45) is 2.83. The molecule has 0 spiro atoms. The minimum absolute atomic E-state index is 0.0104. The van der Waals surface area contributed by atoms with E-state index in [1.54, 1.807) is 18.2 Å². The van der Waals surface area contributed by atoms with E-state index < -0.39 is 11.4 Å². The van der Waals surface area contributed by atoms with Crippen LogP contribution in [0.25, 0.3) is 0 Å². The molecule has 1 aromatic carbocycles. The van der Waals surface area contributed by atoms with Gasteiger partial charge in [0.05, 0.1) is 5.41 Å². The first-order chi connectivity index (χ1) is 11.9. The monoisotopic (exact) mass is 346 g/mol. The molecule has 0 radical (unpaired) electrons. The highest BCUT2D eigenvalue weighted by Gasteiger charge is 2.45. The molecular weight excluding hydrogens is 320 g/mol. The van der Waals surface area contributed by atoms with Gasteiger partial charge >= 0.3 is 5.97 Å². The van der Waals surface area contributed by atoms with Gasteiger partial charge in [-0.05, 0) is 43.9 Å². The van der Waals surface area contributed by atoms with E-state index in [-0.39, 0.29) is 30.8 Å². The van der Waals surface area contributed by atoms with E-state index in [0.717, 1.165) is 18.4 Å². The smallest absolute Gasteiger partial charge is 0.310 e. The molecule has 3 N–H and O–H groups in total. The molecule has 0 aliphatic heterocycles. The third-order valence-electron chi connectivity index (χ3n) is 4.93. The molecule has 6 nitrogen and oxygen atoms in total. The Labute approximate surface area is 148 Å². The summed E-state index contributed by atoms with van der Waals surface area (Å²) in [6, 6.07) is 7.19. The lowest BCUT2D eigenvalue weighted by atomic mass is 9.66. The van der Waals surface area contributed by atoms with Crippen LogP contribution in [-0.4, -0.2) is 28.9 Å². The predicted molar refractivity (Wildman–Crippen MR) is 94.0 cm³/mol. The first-order valence-corrected chi connectivity index (χ1v) is 8.76. The average Bonchev–Trinajstić information content (AvgIpc) is 2.56. The number of carboxylic acid groups (broad SMARTS) is 1. The highest BCUT2D eigenvalue weighted by Crippen LogP contribution is 2.44. The fourth-order valence-corrected chi connectivity index (χ4v) is 2.87. The van der Waals surface area contributed by atoms with E-state index in [9.17, 15) is 19.5 Å². The van der Waals surface area contributed by atoms with Crippen molar-refractivity contribution in [3.05, 3.63) is 35.4 Å². The highest BCUT2D eigenvalue weighted by atomic mass is 16.4. The van der Waals surface area contributed by atoms with Crippen LogP contribution in [0.4, 0.5) is 0 Å². The van der Waals surface area contributed by atoms with Crippen LogP contribution >= 0.6 is 0 Å². The number of rotatable bonds is 8. The van der Waals surface area contributed by atoms with Crippen molar-refractivity contribution >= 4 is 17.8 Å². The van der Waals surface area contributed by atoms with Gasteiger partial charge in [0, 0.05) is 24.6 Å². The third kappa shape index (κ3) is 4.81. The third-order valence-corrected chi connectivity index (χ3v) is 4.93. The first kappa shape index (κ1) is 19.0. The highest BCUT2D eigenvalue weighted by molar-refractivity contribution is 5.94. The summed E-state index contributed by atoms with van der Waals surface area (Å²) >= 11 is 0. The normalized spacial score (nSPS) is 16.4. The van der Waals surface area contributed by atoms with Crippen LogP contribution in [0, 0.1) is 5.41 Å². The number of hydrogen-bond donors (Lipinski definition) is 3.